The molecule has 156 valence electrons. The highest BCUT2D eigenvalue weighted by Crippen LogP contribution is 2.31. The first-order valence-corrected chi connectivity index (χ1v) is 11.2. The number of rotatable bonds is 7. The predicted molar refractivity (Wildman–Crippen MR) is 122 cm³/mol. The molecule has 0 saturated carbocycles. The Morgan fingerprint density at radius 3 is 2.24 bits per heavy atom. The first-order chi connectivity index (χ1) is 14.0. The van der Waals surface area contributed by atoms with Crippen LogP contribution in [-0.4, -0.2) is 36.5 Å². The van der Waals surface area contributed by atoms with Crippen molar-refractivity contribution >= 4 is 11.6 Å². The number of benzene rings is 2. The minimum absolute atomic E-state index is 0.228. The van der Waals surface area contributed by atoms with Crippen LogP contribution in [-0.2, 0) is 4.79 Å². The molecule has 1 amide bonds. The van der Waals surface area contributed by atoms with Crippen molar-refractivity contribution in [1.29, 1.82) is 0 Å². The van der Waals surface area contributed by atoms with Gasteiger partial charge in [-0.1, -0.05) is 76.2 Å². The molecule has 3 nitrogen and oxygen atoms in total. The maximum Gasteiger partial charge on any atom is 0.226 e. The zero-order valence-corrected chi connectivity index (χ0v) is 18.4. The molecule has 3 atom stereocenters. The number of hydrogen-bond donors (Lipinski definition) is 0. The third kappa shape index (κ3) is 5.27. The molecule has 3 unspecified atom stereocenters. The molecule has 3 heteroatoms. The molecule has 1 aliphatic rings. The van der Waals surface area contributed by atoms with Crippen molar-refractivity contribution < 1.29 is 4.79 Å². The maximum atomic E-state index is 12.8. The Morgan fingerprint density at radius 2 is 1.69 bits per heavy atom. The van der Waals surface area contributed by atoms with Crippen LogP contribution in [0.2, 0.25) is 0 Å². The Kier molecular flexibility index (Phi) is 7.49. The van der Waals surface area contributed by atoms with E-state index >= 15 is 0 Å². The van der Waals surface area contributed by atoms with Gasteiger partial charge >= 0.3 is 0 Å². The average Bonchev–Trinajstić information content (AvgIpc) is 2.74. The van der Waals surface area contributed by atoms with Crippen molar-refractivity contribution in [2.24, 2.45) is 11.8 Å². The lowest BCUT2D eigenvalue weighted by molar-refractivity contribution is -0.119. The topological polar surface area (TPSA) is 23.6 Å². The maximum absolute atomic E-state index is 12.8. The van der Waals surface area contributed by atoms with Gasteiger partial charge in [0.25, 0.3) is 0 Å². The van der Waals surface area contributed by atoms with Crippen LogP contribution in [0.4, 0.5) is 5.69 Å². The fourth-order valence-electron chi connectivity index (χ4n) is 4.73. The second-order valence-electron chi connectivity index (χ2n) is 8.81. The van der Waals surface area contributed by atoms with Gasteiger partial charge in [0.05, 0.1) is 0 Å². The number of carbonyl (C=O) groups excluding carboxylic acids is 1. The van der Waals surface area contributed by atoms with Gasteiger partial charge in [0.15, 0.2) is 0 Å². The fraction of sp³-hybridized carbons (Fsp3) is 0.500. The van der Waals surface area contributed by atoms with E-state index < -0.39 is 0 Å². The summed E-state index contributed by atoms with van der Waals surface area (Å²) in [4.78, 5) is 17.5. The van der Waals surface area contributed by atoms with E-state index in [-0.39, 0.29) is 11.9 Å². The van der Waals surface area contributed by atoms with E-state index in [9.17, 15) is 4.79 Å². The average molecular weight is 393 g/mol. The predicted octanol–water partition coefficient (Wildman–Crippen LogP) is 5.58. The molecule has 3 rings (SSSR count). The quantitative estimate of drug-likeness (QED) is 0.614. The summed E-state index contributed by atoms with van der Waals surface area (Å²) in [6, 6.07) is 21.4. The van der Waals surface area contributed by atoms with Gasteiger partial charge in [0.1, 0.15) is 0 Å². The van der Waals surface area contributed by atoms with Crippen LogP contribution in [0.5, 0.6) is 0 Å². The Morgan fingerprint density at radius 1 is 1.07 bits per heavy atom. The van der Waals surface area contributed by atoms with E-state index in [1.807, 2.05) is 25.1 Å². The summed E-state index contributed by atoms with van der Waals surface area (Å²) in [5.41, 5.74) is 2.47. The highest BCUT2D eigenvalue weighted by Gasteiger charge is 2.34. The van der Waals surface area contributed by atoms with Crippen molar-refractivity contribution in [3.63, 3.8) is 0 Å². The Hall–Kier alpha value is -2.13. The lowest BCUT2D eigenvalue weighted by atomic mass is 9.86. The van der Waals surface area contributed by atoms with Crippen LogP contribution >= 0.6 is 0 Å². The summed E-state index contributed by atoms with van der Waals surface area (Å²) in [7, 11) is 0. The van der Waals surface area contributed by atoms with Crippen LogP contribution in [0.25, 0.3) is 0 Å². The molecule has 1 heterocycles. The zero-order chi connectivity index (χ0) is 20.8. The van der Waals surface area contributed by atoms with E-state index in [1.165, 1.54) is 5.56 Å². The standard InChI is InChI=1S/C26H36N2O/c1-5-26(29)28(23-14-10-7-11-15-23)25-16-17-27(18-21(25)4)19-24(20(2)3)22-12-8-6-9-13-22/h6-15,20-21,24-25H,5,16-19H2,1-4H3. The van der Waals surface area contributed by atoms with E-state index in [4.69, 9.17) is 0 Å². The number of hydrogen-bond acceptors (Lipinski definition) is 2. The number of likely N-dealkylation sites (tertiary alicyclic amines) is 1. The normalized spacial score (nSPS) is 21.1. The van der Waals surface area contributed by atoms with Crippen molar-refractivity contribution in [3.8, 4) is 0 Å². The third-order valence-corrected chi connectivity index (χ3v) is 6.37. The second-order valence-corrected chi connectivity index (χ2v) is 8.81. The summed E-state index contributed by atoms with van der Waals surface area (Å²) in [5, 5.41) is 0. The smallest absolute Gasteiger partial charge is 0.226 e. The van der Waals surface area contributed by atoms with Crippen LogP contribution in [0.15, 0.2) is 60.7 Å². The minimum atomic E-state index is 0.228. The lowest BCUT2D eigenvalue weighted by Gasteiger charge is -2.44. The van der Waals surface area contributed by atoms with Gasteiger partial charge in [-0.25, -0.2) is 0 Å². The molecule has 0 bridgehead atoms. The molecule has 0 aliphatic carbocycles. The lowest BCUT2D eigenvalue weighted by Crippen LogP contribution is -2.53. The van der Waals surface area contributed by atoms with Gasteiger partial charge in [-0.15, -0.1) is 0 Å². The molecule has 29 heavy (non-hydrogen) atoms. The molecular weight excluding hydrogens is 356 g/mol. The molecule has 2 aromatic carbocycles. The second kappa shape index (κ2) is 10.1. The van der Waals surface area contributed by atoms with Gasteiger partial charge < -0.3 is 9.80 Å². The summed E-state index contributed by atoms with van der Waals surface area (Å²) in [6.45, 7) is 12.1. The largest absolute Gasteiger partial charge is 0.309 e. The zero-order valence-electron chi connectivity index (χ0n) is 18.4. The number of piperidine rings is 1. The SMILES string of the molecule is CCC(=O)N(c1ccccc1)C1CCN(CC(c2ccccc2)C(C)C)CC1C. The van der Waals surface area contributed by atoms with Crippen LogP contribution in [0.3, 0.4) is 0 Å². The minimum Gasteiger partial charge on any atom is -0.309 e. The highest BCUT2D eigenvalue weighted by atomic mass is 16.2. The Labute approximate surface area is 176 Å². The Bertz CT molecular complexity index is 759. The van der Waals surface area contributed by atoms with E-state index in [0.29, 0.717) is 24.2 Å². The summed E-state index contributed by atoms with van der Waals surface area (Å²) >= 11 is 0. The van der Waals surface area contributed by atoms with E-state index in [1.54, 1.807) is 0 Å². The van der Waals surface area contributed by atoms with Crippen molar-refractivity contribution in [1.82, 2.24) is 4.90 Å². The van der Waals surface area contributed by atoms with Crippen molar-refractivity contribution in [3.05, 3.63) is 66.2 Å². The molecule has 0 spiro atoms. The summed E-state index contributed by atoms with van der Waals surface area (Å²) < 4.78 is 0. The molecule has 1 fully saturated rings. The molecular formula is C26H36N2O. The van der Waals surface area contributed by atoms with Gasteiger partial charge in [-0.3, -0.25) is 4.79 Å². The van der Waals surface area contributed by atoms with Crippen LogP contribution in [0, 0.1) is 11.8 Å². The number of para-hydroxylation sites is 1. The summed E-state index contributed by atoms with van der Waals surface area (Å²) in [5.74, 6) is 1.82. The summed E-state index contributed by atoms with van der Waals surface area (Å²) in [6.07, 6.45) is 1.58. The Balaban J connectivity index is 1.71. The number of amides is 1. The molecule has 2 aromatic rings. The number of carbonyl (C=O) groups is 1. The fourth-order valence-corrected chi connectivity index (χ4v) is 4.73. The van der Waals surface area contributed by atoms with Gasteiger partial charge in [-0.05, 0) is 41.9 Å². The van der Waals surface area contributed by atoms with Gasteiger partial charge in [0, 0.05) is 37.8 Å². The molecule has 1 aliphatic heterocycles. The molecule has 0 aromatic heterocycles. The highest BCUT2D eigenvalue weighted by molar-refractivity contribution is 5.93. The first-order valence-electron chi connectivity index (χ1n) is 11.2. The van der Waals surface area contributed by atoms with Crippen LogP contribution in [0.1, 0.15) is 52.0 Å². The monoisotopic (exact) mass is 392 g/mol. The van der Waals surface area contributed by atoms with Crippen molar-refractivity contribution in [2.75, 3.05) is 24.5 Å². The van der Waals surface area contributed by atoms with Crippen LogP contribution < -0.4 is 4.90 Å². The van der Waals surface area contributed by atoms with Gasteiger partial charge in [-0.2, -0.15) is 0 Å². The third-order valence-electron chi connectivity index (χ3n) is 6.37. The van der Waals surface area contributed by atoms with E-state index in [2.05, 4.69) is 73.0 Å². The van der Waals surface area contributed by atoms with Crippen molar-refractivity contribution in [2.45, 2.75) is 52.5 Å². The van der Waals surface area contributed by atoms with Gasteiger partial charge in [0.2, 0.25) is 5.91 Å². The molecule has 1 saturated heterocycles. The first kappa shape index (κ1) is 21.6. The molecule has 0 N–H and O–H groups in total. The number of anilines is 1. The molecule has 0 radical (unpaired) electrons. The van der Waals surface area contributed by atoms with E-state index in [0.717, 1.165) is 31.7 Å². The number of nitrogens with zero attached hydrogens (tertiary/aromatic N) is 2.